The summed E-state index contributed by atoms with van der Waals surface area (Å²) in [6.07, 6.45) is 95.1. The van der Waals surface area contributed by atoms with E-state index in [0.29, 0.717) is 19.3 Å². The van der Waals surface area contributed by atoms with Crippen LogP contribution in [0.5, 0.6) is 0 Å². The van der Waals surface area contributed by atoms with Crippen LogP contribution in [0.15, 0.2) is 85.1 Å². The Morgan fingerprint density at radius 1 is 0.253 bits per heavy atom. The zero-order valence-corrected chi connectivity index (χ0v) is 55.2. The Bertz CT molecular complexity index is 1570. The van der Waals surface area contributed by atoms with Crippen molar-refractivity contribution >= 4 is 17.9 Å². The lowest BCUT2D eigenvalue weighted by atomic mass is 10.0. The van der Waals surface area contributed by atoms with Gasteiger partial charge in [0, 0.05) is 19.3 Å². The van der Waals surface area contributed by atoms with Crippen molar-refractivity contribution < 1.29 is 28.6 Å². The van der Waals surface area contributed by atoms with E-state index in [0.717, 1.165) is 89.9 Å². The van der Waals surface area contributed by atoms with Gasteiger partial charge in [0.15, 0.2) is 6.10 Å². The molecule has 83 heavy (non-hydrogen) atoms. The van der Waals surface area contributed by atoms with E-state index in [1.165, 1.54) is 231 Å². The lowest BCUT2D eigenvalue weighted by Crippen LogP contribution is -2.30. The number of carbonyl (C=O) groups excluding carboxylic acids is 3. The van der Waals surface area contributed by atoms with Gasteiger partial charge in [0.05, 0.1) is 0 Å². The maximum atomic E-state index is 12.9. The minimum Gasteiger partial charge on any atom is -0.462 e. The van der Waals surface area contributed by atoms with Gasteiger partial charge in [-0.3, -0.25) is 14.4 Å². The first kappa shape index (κ1) is 79.6. The van der Waals surface area contributed by atoms with Gasteiger partial charge in [0.2, 0.25) is 0 Å². The lowest BCUT2D eigenvalue weighted by Gasteiger charge is -2.18. The SMILES string of the molecule is CC/C=C\C/C=C\C/C=C\C/C=C\CCC(=O)OCC(COC(=O)CCCCCCCCCCCCCCCCCCCCCCCCCCCCCCCCCCC)OC(=O)CCCCCCCC/C=C\C/C=C\C/C=C\CCCCC. The van der Waals surface area contributed by atoms with Crippen molar-refractivity contribution in [1.82, 2.24) is 0 Å². The molecule has 0 aromatic rings. The molecule has 480 valence electrons. The first-order valence-electron chi connectivity index (χ1n) is 36.1. The summed E-state index contributed by atoms with van der Waals surface area (Å²) in [5.74, 6) is -0.984. The highest BCUT2D eigenvalue weighted by atomic mass is 16.6. The van der Waals surface area contributed by atoms with Crippen LogP contribution in [0.25, 0.3) is 0 Å². The largest absolute Gasteiger partial charge is 0.462 e. The van der Waals surface area contributed by atoms with Crippen molar-refractivity contribution in [3.8, 4) is 0 Å². The Balaban J connectivity index is 4.18. The van der Waals surface area contributed by atoms with Crippen LogP contribution in [-0.2, 0) is 28.6 Å². The highest BCUT2D eigenvalue weighted by Crippen LogP contribution is 2.18. The van der Waals surface area contributed by atoms with Gasteiger partial charge < -0.3 is 14.2 Å². The highest BCUT2D eigenvalue weighted by molar-refractivity contribution is 5.71. The molecule has 0 spiro atoms. The third-order valence-corrected chi connectivity index (χ3v) is 15.9. The van der Waals surface area contributed by atoms with Crippen LogP contribution in [0.4, 0.5) is 0 Å². The standard InChI is InChI=1S/C77H136O6/c1-4-7-10-13-16-19-22-25-27-29-31-32-33-34-35-36-37-38-39-40-41-42-43-44-46-47-49-52-55-58-61-64-67-70-76(79)82-73-74(72-81-75(78)69-66-63-60-57-54-51-24-21-18-15-12-9-6-3)83-77(80)71-68-65-62-59-56-53-50-48-45-30-28-26-23-20-17-14-11-8-5-2/h9,12,17-18,20-21,26,28,45,48,51,54,60,63,74H,4-8,10-11,13-16,19,22-25,27,29-44,46-47,49-50,52-53,55-59,61-62,64-73H2,1-3H3/b12-9-,20-17-,21-18-,28-26-,48-45-,54-51-,63-60-. The molecular weight excluding hydrogens is 1020 g/mol. The molecule has 0 aromatic carbocycles. The third kappa shape index (κ3) is 69.3. The number of ether oxygens (including phenoxy) is 3. The van der Waals surface area contributed by atoms with Gasteiger partial charge in [0.25, 0.3) is 0 Å². The van der Waals surface area contributed by atoms with E-state index < -0.39 is 6.10 Å². The van der Waals surface area contributed by atoms with Crippen molar-refractivity contribution in [3.05, 3.63) is 85.1 Å². The normalized spacial score (nSPS) is 12.6. The molecule has 0 bridgehead atoms. The average Bonchev–Trinajstić information content (AvgIpc) is 3.49. The van der Waals surface area contributed by atoms with Crippen LogP contribution >= 0.6 is 0 Å². The maximum absolute atomic E-state index is 12.9. The molecule has 0 aliphatic rings. The predicted octanol–water partition coefficient (Wildman–Crippen LogP) is 25.0. The minimum absolute atomic E-state index is 0.102. The highest BCUT2D eigenvalue weighted by Gasteiger charge is 2.19. The van der Waals surface area contributed by atoms with Gasteiger partial charge in [-0.05, 0) is 83.5 Å². The summed E-state index contributed by atoms with van der Waals surface area (Å²) in [4.78, 5) is 38.3. The van der Waals surface area contributed by atoms with Gasteiger partial charge in [-0.2, -0.15) is 0 Å². The molecule has 0 radical (unpaired) electrons. The second kappa shape index (κ2) is 71.1. The summed E-state index contributed by atoms with van der Waals surface area (Å²) in [6, 6.07) is 0. The molecular formula is C77H136O6. The number of hydrogen-bond donors (Lipinski definition) is 0. The molecule has 6 heteroatoms. The van der Waals surface area contributed by atoms with E-state index in [9.17, 15) is 14.4 Å². The second-order valence-corrected chi connectivity index (χ2v) is 24.1. The van der Waals surface area contributed by atoms with Gasteiger partial charge in [-0.15, -0.1) is 0 Å². The van der Waals surface area contributed by atoms with Crippen molar-refractivity contribution in [2.45, 2.75) is 374 Å². The number of esters is 3. The molecule has 0 amide bonds. The van der Waals surface area contributed by atoms with E-state index in [1.54, 1.807) is 0 Å². The van der Waals surface area contributed by atoms with Gasteiger partial charge >= 0.3 is 17.9 Å². The second-order valence-electron chi connectivity index (χ2n) is 24.1. The Kier molecular flexibility index (Phi) is 68.2. The zero-order valence-electron chi connectivity index (χ0n) is 55.2. The Morgan fingerprint density at radius 3 is 0.831 bits per heavy atom. The van der Waals surface area contributed by atoms with Gasteiger partial charge in [0.1, 0.15) is 13.2 Å². The summed E-state index contributed by atoms with van der Waals surface area (Å²) in [5, 5.41) is 0. The fourth-order valence-electron chi connectivity index (χ4n) is 10.5. The molecule has 0 heterocycles. The van der Waals surface area contributed by atoms with Crippen molar-refractivity contribution in [2.75, 3.05) is 13.2 Å². The first-order valence-corrected chi connectivity index (χ1v) is 36.1. The Hall–Kier alpha value is -3.41. The van der Waals surface area contributed by atoms with Crippen LogP contribution in [-0.4, -0.2) is 37.2 Å². The smallest absolute Gasteiger partial charge is 0.306 e. The molecule has 0 N–H and O–H groups in total. The van der Waals surface area contributed by atoms with Crippen molar-refractivity contribution in [2.24, 2.45) is 0 Å². The molecule has 1 atom stereocenters. The number of unbranched alkanes of at least 4 members (excludes halogenated alkanes) is 41. The molecule has 0 saturated heterocycles. The average molecular weight is 1160 g/mol. The Labute approximate surface area is 515 Å². The van der Waals surface area contributed by atoms with E-state index in [-0.39, 0.29) is 37.5 Å². The van der Waals surface area contributed by atoms with E-state index >= 15 is 0 Å². The summed E-state index contributed by atoms with van der Waals surface area (Å²) in [5.41, 5.74) is 0. The van der Waals surface area contributed by atoms with Crippen LogP contribution < -0.4 is 0 Å². The maximum Gasteiger partial charge on any atom is 0.306 e. The molecule has 0 saturated carbocycles. The minimum atomic E-state index is -0.813. The van der Waals surface area contributed by atoms with Gasteiger partial charge in [-0.1, -0.05) is 350 Å². The van der Waals surface area contributed by atoms with E-state index in [4.69, 9.17) is 14.2 Å². The van der Waals surface area contributed by atoms with Crippen LogP contribution in [0.3, 0.4) is 0 Å². The number of allylic oxidation sites excluding steroid dienone is 14. The van der Waals surface area contributed by atoms with Crippen LogP contribution in [0, 0.1) is 0 Å². The molecule has 0 aliphatic heterocycles. The first-order chi connectivity index (χ1) is 41.0. The summed E-state index contributed by atoms with van der Waals surface area (Å²) in [7, 11) is 0. The number of carbonyl (C=O) groups is 3. The fraction of sp³-hybridized carbons (Fsp3) is 0.779. The Morgan fingerprint density at radius 2 is 0.494 bits per heavy atom. The topological polar surface area (TPSA) is 78.9 Å². The summed E-state index contributed by atoms with van der Waals surface area (Å²) >= 11 is 0. The molecule has 0 aromatic heterocycles. The predicted molar refractivity (Wildman–Crippen MR) is 362 cm³/mol. The quantitative estimate of drug-likeness (QED) is 0.0261. The zero-order chi connectivity index (χ0) is 59.9. The number of hydrogen-bond acceptors (Lipinski definition) is 6. The van der Waals surface area contributed by atoms with E-state index in [1.807, 2.05) is 6.08 Å². The van der Waals surface area contributed by atoms with Gasteiger partial charge in [-0.25, -0.2) is 0 Å². The summed E-state index contributed by atoms with van der Waals surface area (Å²) in [6.45, 7) is 6.47. The third-order valence-electron chi connectivity index (χ3n) is 15.9. The monoisotopic (exact) mass is 1160 g/mol. The van der Waals surface area contributed by atoms with Crippen LogP contribution in [0.1, 0.15) is 367 Å². The molecule has 0 fully saturated rings. The van der Waals surface area contributed by atoms with Crippen LogP contribution in [0.2, 0.25) is 0 Å². The van der Waals surface area contributed by atoms with Crippen molar-refractivity contribution in [3.63, 3.8) is 0 Å². The molecule has 0 aliphatic carbocycles. The fourth-order valence-corrected chi connectivity index (χ4v) is 10.5. The lowest BCUT2D eigenvalue weighted by molar-refractivity contribution is -0.166. The van der Waals surface area contributed by atoms with Crippen molar-refractivity contribution in [1.29, 1.82) is 0 Å². The molecule has 6 nitrogen and oxygen atoms in total. The van der Waals surface area contributed by atoms with E-state index in [2.05, 4.69) is 99.8 Å². The molecule has 0 rings (SSSR count). The number of rotatable bonds is 66. The summed E-state index contributed by atoms with van der Waals surface area (Å²) < 4.78 is 16.9. The molecule has 1 unspecified atom stereocenters.